The van der Waals surface area contributed by atoms with Gasteiger partial charge in [0, 0.05) is 60.3 Å². The molecule has 11 nitrogen and oxygen atoms in total. The second-order valence-corrected chi connectivity index (χ2v) is 11.8. The maximum absolute atomic E-state index is 12.3. The highest BCUT2D eigenvalue weighted by Gasteiger charge is 2.34. The molecule has 2 aliphatic rings. The number of anilines is 1. The Morgan fingerprint density at radius 1 is 1.05 bits per heavy atom. The number of ether oxygens (including phenoxy) is 1. The average molecular weight is 580 g/mol. The summed E-state index contributed by atoms with van der Waals surface area (Å²) in [4.78, 5) is 23.8. The molecule has 2 fully saturated rings. The first-order valence-electron chi connectivity index (χ1n) is 14.7. The number of rotatable bonds is 8. The number of hydrogen-bond acceptors (Lipinski definition) is 10. The lowest BCUT2D eigenvalue weighted by Gasteiger charge is -2.18. The summed E-state index contributed by atoms with van der Waals surface area (Å²) in [6.45, 7) is 5.52. The van der Waals surface area contributed by atoms with Crippen molar-refractivity contribution >= 4 is 23.0 Å². The van der Waals surface area contributed by atoms with Gasteiger partial charge in [0.05, 0.1) is 18.3 Å². The van der Waals surface area contributed by atoms with Crippen molar-refractivity contribution in [2.75, 3.05) is 25.1 Å². The van der Waals surface area contributed by atoms with Crippen LogP contribution in [0.2, 0.25) is 0 Å². The molecule has 5 heterocycles. The van der Waals surface area contributed by atoms with Crippen molar-refractivity contribution < 1.29 is 19.2 Å². The van der Waals surface area contributed by atoms with E-state index in [0.717, 1.165) is 48.9 Å². The lowest BCUT2D eigenvalue weighted by atomic mass is 9.93. The van der Waals surface area contributed by atoms with Gasteiger partial charge < -0.3 is 23.8 Å². The van der Waals surface area contributed by atoms with Gasteiger partial charge in [-0.1, -0.05) is 31.1 Å². The predicted octanol–water partition coefficient (Wildman–Crippen LogP) is 5.49. The molecule has 5 aromatic rings. The molecule has 1 aliphatic heterocycles. The molecule has 1 aromatic carbocycles. The van der Waals surface area contributed by atoms with Gasteiger partial charge in [-0.2, -0.15) is 0 Å². The number of aromatic hydroxyl groups is 1. The summed E-state index contributed by atoms with van der Waals surface area (Å²) in [7, 11) is 1.37. The zero-order valence-electron chi connectivity index (χ0n) is 24.3. The van der Waals surface area contributed by atoms with E-state index >= 15 is 0 Å². The Hall–Kier alpha value is -4.80. The highest BCUT2D eigenvalue weighted by atomic mass is 16.5. The number of benzene rings is 1. The minimum absolute atomic E-state index is 0.0000408. The monoisotopic (exact) mass is 579 g/mol. The summed E-state index contributed by atoms with van der Waals surface area (Å²) in [5.74, 6) is 0.755. The molecule has 0 radical (unpaired) electrons. The highest BCUT2D eigenvalue weighted by Crippen LogP contribution is 2.43. The Bertz CT molecular complexity index is 1790. The van der Waals surface area contributed by atoms with Crippen LogP contribution in [0.3, 0.4) is 0 Å². The van der Waals surface area contributed by atoms with E-state index in [4.69, 9.17) is 9.26 Å². The van der Waals surface area contributed by atoms with Gasteiger partial charge in [-0.25, -0.2) is 9.97 Å². The fourth-order valence-corrected chi connectivity index (χ4v) is 6.13. The quantitative estimate of drug-likeness (QED) is 0.235. The van der Waals surface area contributed by atoms with Crippen molar-refractivity contribution in [2.45, 2.75) is 51.0 Å². The number of esters is 1. The summed E-state index contributed by atoms with van der Waals surface area (Å²) < 4.78 is 12.9. The van der Waals surface area contributed by atoms with Crippen LogP contribution < -0.4 is 4.90 Å². The molecule has 1 aliphatic carbocycles. The summed E-state index contributed by atoms with van der Waals surface area (Å²) in [6.07, 6.45) is 6.76. The van der Waals surface area contributed by atoms with Gasteiger partial charge in [0.25, 0.3) is 0 Å². The largest absolute Gasteiger partial charge is 0.507 e. The van der Waals surface area contributed by atoms with E-state index in [9.17, 15) is 9.90 Å². The van der Waals surface area contributed by atoms with Crippen LogP contribution in [0.4, 0.5) is 5.95 Å². The van der Waals surface area contributed by atoms with Crippen molar-refractivity contribution in [3.8, 4) is 28.3 Å². The van der Waals surface area contributed by atoms with E-state index < -0.39 is 5.92 Å². The third-order valence-electron chi connectivity index (χ3n) is 8.50. The Kier molecular flexibility index (Phi) is 6.79. The fourth-order valence-electron chi connectivity index (χ4n) is 6.13. The molecule has 0 bridgehead atoms. The molecular formula is C32H33N7O4. The number of carbonyl (C=O) groups is 1. The topological polar surface area (TPSA) is 132 Å². The number of aromatic nitrogens is 6. The van der Waals surface area contributed by atoms with Crippen molar-refractivity contribution in [3.05, 3.63) is 66.3 Å². The lowest BCUT2D eigenvalue weighted by molar-refractivity contribution is -0.144. The summed E-state index contributed by atoms with van der Waals surface area (Å²) >= 11 is 0. The van der Waals surface area contributed by atoms with Crippen LogP contribution in [-0.4, -0.2) is 61.2 Å². The van der Waals surface area contributed by atoms with Gasteiger partial charge in [-0.15, -0.1) is 10.2 Å². The number of methoxy groups -OCH3 is 1. The Morgan fingerprint density at radius 3 is 2.56 bits per heavy atom. The van der Waals surface area contributed by atoms with Crippen LogP contribution in [0.25, 0.3) is 33.5 Å². The molecule has 1 saturated heterocycles. The lowest BCUT2D eigenvalue weighted by Crippen LogP contribution is -2.22. The first-order chi connectivity index (χ1) is 20.9. The molecule has 0 amide bonds. The van der Waals surface area contributed by atoms with Gasteiger partial charge >= 0.3 is 5.97 Å². The minimum atomic E-state index is -0.526. The van der Waals surface area contributed by atoms with Crippen molar-refractivity contribution in [1.29, 1.82) is 0 Å². The molecule has 7 rings (SSSR count). The van der Waals surface area contributed by atoms with E-state index in [0.29, 0.717) is 40.6 Å². The first kappa shape index (κ1) is 27.1. The van der Waals surface area contributed by atoms with E-state index in [-0.39, 0.29) is 17.6 Å². The van der Waals surface area contributed by atoms with Crippen molar-refractivity contribution in [3.63, 3.8) is 0 Å². The number of carbonyl (C=O) groups excluding carboxylic acids is 1. The molecule has 220 valence electrons. The number of fused-ring (bicyclic) bond motifs is 1. The fraction of sp³-hybridized carbons (Fsp3) is 0.375. The second kappa shape index (κ2) is 10.8. The van der Waals surface area contributed by atoms with Crippen LogP contribution in [0.5, 0.6) is 5.75 Å². The van der Waals surface area contributed by atoms with E-state index in [1.807, 2.05) is 26.0 Å². The second-order valence-electron chi connectivity index (χ2n) is 11.8. The zero-order valence-corrected chi connectivity index (χ0v) is 24.3. The number of phenols is 1. The molecule has 1 N–H and O–H groups in total. The predicted molar refractivity (Wildman–Crippen MR) is 160 cm³/mol. The van der Waals surface area contributed by atoms with Gasteiger partial charge in [-0.3, -0.25) is 4.79 Å². The third-order valence-corrected chi connectivity index (χ3v) is 8.50. The van der Waals surface area contributed by atoms with Gasteiger partial charge in [0.1, 0.15) is 22.9 Å². The molecular weight excluding hydrogens is 546 g/mol. The normalized spacial score (nSPS) is 17.6. The van der Waals surface area contributed by atoms with Crippen LogP contribution >= 0.6 is 0 Å². The van der Waals surface area contributed by atoms with Crippen LogP contribution in [0.15, 0.2) is 59.4 Å². The molecule has 2 atom stereocenters. The molecule has 11 heteroatoms. The minimum Gasteiger partial charge on any atom is -0.507 e. The Balaban J connectivity index is 1.11. The molecule has 2 unspecified atom stereocenters. The number of hydrogen-bond donors (Lipinski definition) is 1. The molecule has 0 spiro atoms. The molecule has 1 saturated carbocycles. The van der Waals surface area contributed by atoms with Gasteiger partial charge in [0.2, 0.25) is 5.95 Å². The Morgan fingerprint density at radius 2 is 1.84 bits per heavy atom. The van der Waals surface area contributed by atoms with E-state index in [1.54, 1.807) is 30.6 Å². The van der Waals surface area contributed by atoms with Crippen LogP contribution in [0, 0.1) is 5.92 Å². The van der Waals surface area contributed by atoms with E-state index in [1.165, 1.54) is 12.8 Å². The maximum atomic E-state index is 12.3. The summed E-state index contributed by atoms with van der Waals surface area (Å²) in [5.41, 5.74) is 5.84. The SMILES string of the molecule is COC(=O)C(c1cc(-c2cnc(N3CCC(c4cc5nnc(-c6ccccc6O)cc5n4C4CC4)C3)nc2)no1)C(C)C. The third kappa shape index (κ3) is 4.98. The number of nitrogens with zero attached hydrogens (tertiary/aromatic N) is 7. The van der Waals surface area contributed by atoms with Crippen LogP contribution in [-0.2, 0) is 9.53 Å². The van der Waals surface area contributed by atoms with Crippen molar-refractivity contribution in [2.24, 2.45) is 5.92 Å². The molecule has 43 heavy (non-hydrogen) atoms. The highest BCUT2D eigenvalue weighted by molar-refractivity contribution is 5.82. The van der Waals surface area contributed by atoms with Gasteiger partial charge in [0.15, 0.2) is 5.76 Å². The molecule has 4 aromatic heterocycles. The smallest absolute Gasteiger partial charge is 0.316 e. The summed E-state index contributed by atoms with van der Waals surface area (Å²) in [6, 6.07) is 13.7. The van der Waals surface area contributed by atoms with Crippen LogP contribution in [0.1, 0.15) is 62.4 Å². The Labute approximate surface area is 248 Å². The standard InChI is InChI=1S/C32H33N7O4/c1-18(2)30(31(41)42-3)29-14-23(37-43-29)20-15-33-32(34-16-20)38-11-10-19(17-38)26-13-25-27(39(26)21-8-9-21)12-24(35-36-25)22-6-4-5-7-28(22)40/h4-7,12-16,18-19,21,30,40H,8-11,17H2,1-3H3. The van der Waals surface area contributed by atoms with E-state index in [2.05, 4.69) is 46.9 Å². The summed E-state index contributed by atoms with van der Waals surface area (Å²) in [5, 5.41) is 23.5. The van der Waals surface area contributed by atoms with Crippen molar-refractivity contribution in [1.82, 2.24) is 29.9 Å². The van der Waals surface area contributed by atoms with Gasteiger partial charge in [-0.05, 0) is 49.4 Å². The number of phenolic OH excluding ortho intramolecular Hbond substituents is 1. The first-order valence-corrected chi connectivity index (χ1v) is 14.7. The average Bonchev–Trinajstić information content (AvgIpc) is 3.39. The number of para-hydroxylation sites is 1. The maximum Gasteiger partial charge on any atom is 0.316 e. The zero-order chi connectivity index (χ0) is 29.7.